The number of nitrogens with zero attached hydrogens (tertiary/aromatic N) is 2. The first-order valence-corrected chi connectivity index (χ1v) is 9.82. The molecule has 8 nitrogen and oxygen atoms in total. The zero-order valence-electron chi connectivity index (χ0n) is 15.9. The molecule has 5 rings (SSSR count). The topological polar surface area (TPSA) is 92.8 Å². The zero-order chi connectivity index (χ0) is 19.8. The van der Waals surface area contributed by atoms with Gasteiger partial charge in [-0.1, -0.05) is 12.1 Å². The number of fused-ring (bicyclic) bond motifs is 1. The van der Waals surface area contributed by atoms with Gasteiger partial charge >= 0.3 is 6.03 Å². The van der Waals surface area contributed by atoms with Crippen molar-refractivity contribution in [2.45, 2.75) is 24.9 Å². The molecule has 2 aromatic rings. The van der Waals surface area contributed by atoms with E-state index in [2.05, 4.69) is 15.6 Å². The lowest BCUT2D eigenvalue weighted by Crippen LogP contribution is -2.53. The van der Waals surface area contributed by atoms with Gasteiger partial charge in [0.2, 0.25) is 6.79 Å². The molecule has 2 N–H and O–H groups in total. The highest BCUT2D eigenvalue weighted by molar-refractivity contribution is 6.07. The van der Waals surface area contributed by atoms with E-state index in [9.17, 15) is 9.59 Å². The van der Waals surface area contributed by atoms with Crippen LogP contribution >= 0.6 is 0 Å². The van der Waals surface area contributed by atoms with E-state index in [0.717, 1.165) is 37.1 Å². The highest BCUT2D eigenvalue weighted by Gasteiger charge is 2.56. The fourth-order valence-corrected chi connectivity index (χ4v) is 4.52. The van der Waals surface area contributed by atoms with Crippen molar-refractivity contribution < 1.29 is 19.1 Å². The maximum absolute atomic E-state index is 13.7. The summed E-state index contributed by atoms with van der Waals surface area (Å²) < 4.78 is 10.8. The van der Waals surface area contributed by atoms with Gasteiger partial charge in [0.15, 0.2) is 17.0 Å². The molecule has 1 atom stereocenters. The number of aromatic nitrogens is 1. The summed E-state index contributed by atoms with van der Waals surface area (Å²) in [4.78, 5) is 32.2. The van der Waals surface area contributed by atoms with Crippen LogP contribution in [0, 0.1) is 5.92 Å². The van der Waals surface area contributed by atoms with E-state index in [0.29, 0.717) is 11.5 Å². The molecule has 2 saturated heterocycles. The maximum Gasteiger partial charge on any atom is 0.325 e. The number of benzene rings is 1. The Balaban J connectivity index is 1.49. The molecule has 8 heteroatoms. The number of ether oxygens (including phenoxy) is 2. The van der Waals surface area contributed by atoms with Gasteiger partial charge in [0, 0.05) is 18.0 Å². The Morgan fingerprint density at radius 1 is 1.14 bits per heavy atom. The molecule has 150 valence electrons. The Morgan fingerprint density at radius 2 is 1.97 bits per heavy atom. The summed E-state index contributed by atoms with van der Waals surface area (Å²) in [6.45, 7) is 1.99. The maximum atomic E-state index is 13.7. The second-order valence-electron chi connectivity index (χ2n) is 7.58. The van der Waals surface area contributed by atoms with Crippen molar-refractivity contribution in [3.8, 4) is 11.5 Å². The average molecular weight is 394 g/mol. The van der Waals surface area contributed by atoms with E-state index in [4.69, 9.17) is 9.47 Å². The van der Waals surface area contributed by atoms with E-state index < -0.39 is 5.54 Å². The summed E-state index contributed by atoms with van der Waals surface area (Å²) in [5, 5.41) is 6.37. The highest BCUT2D eigenvalue weighted by Crippen LogP contribution is 2.41. The summed E-state index contributed by atoms with van der Waals surface area (Å²) in [7, 11) is 0. The van der Waals surface area contributed by atoms with Crippen LogP contribution in [0.5, 0.6) is 11.5 Å². The van der Waals surface area contributed by atoms with Crippen LogP contribution < -0.4 is 20.1 Å². The monoisotopic (exact) mass is 394 g/mol. The molecule has 0 saturated carbocycles. The quantitative estimate of drug-likeness (QED) is 0.768. The minimum atomic E-state index is -1.08. The van der Waals surface area contributed by atoms with E-state index >= 15 is 0 Å². The summed E-state index contributed by atoms with van der Waals surface area (Å²) in [5.74, 6) is 1.09. The van der Waals surface area contributed by atoms with E-state index in [-0.39, 0.29) is 31.2 Å². The van der Waals surface area contributed by atoms with Gasteiger partial charge in [0.25, 0.3) is 5.91 Å². The van der Waals surface area contributed by atoms with E-state index in [1.165, 1.54) is 4.90 Å². The number of carbonyl (C=O) groups excluding carboxylic acids is 2. The third kappa shape index (κ3) is 2.91. The van der Waals surface area contributed by atoms with Gasteiger partial charge in [-0.3, -0.25) is 14.7 Å². The number of hydrogen-bond donors (Lipinski definition) is 2. The van der Waals surface area contributed by atoms with Crippen LogP contribution in [0.4, 0.5) is 4.79 Å². The Kier molecular flexibility index (Phi) is 4.35. The van der Waals surface area contributed by atoms with Crippen molar-refractivity contribution in [1.29, 1.82) is 0 Å². The SMILES string of the molecule is O=C1N[C@@](c2cccnc2)(C2CCNCC2)C(=O)N1Cc1ccc2c(c1)OCO2. The smallest absolute Gasteiger partial charge is 0.325 e. The number of rotatable bonds is 4. The molecule has 0 bridgehead atoms. The van der Waals surface area contributed by atoms with Crippen molar-refractivity contribution in [2.75, 3.05) is 19.9 Å². The molecule has 3 aliphatic heterocycles. The summed E-state index contributed by atoms with van der Waals surface area (Å²) in [6.07, 6.45) is 4.97. The molecule has 0 radical (unpaired) electrons. The van der Waals surface area contributed by atoms with Gasteiger partial charge in [0.05, 0.1) is 6.54 Å². The standard InChI is InChI=1S/C21H22N4O4/c26-19-21(15-5-8-22-9-6-15,16-2-1-7-23-11-16)24-20(27)25(19)12-14-3-4-17-18(10-14)29-13-28-17/h1-4,7,10-11,15,22H,5-6,8-9,12-13H2,(H,24,27)/t21-/m1/s1. The fourth-order valence-electron chi connectivity index (χ4n) is 4.52. The number of carbonyl (C=O) groups is 2. The van der Waals surface area contributed by atoms with Crippen LogP contribution in [0.15, 0.2) is 42.7 Å². The number of amides is 3. The second kappa shape index (κ2) is 7.04. The number of hydrogen-bond acceptors (Lipinski definition) is 6. The fraction of sp³-hybridized carbons (Fsp3) is 0.381. The van der Waals surface area contributed by atoms with Crippen LogP contribution in [0.1, 0.15) is 24.0 Å². The van der Waals surface area contributed by atoms with Gasteiger partial charge in [-0.15, -0.1) is 0 Å². The molecule has 0 unspecified atom stereocenters. The Hall–Kier alpha value is -3.13. The minimum absolute atomic E-state index is 0.00570. The number of piperidine rings is 1. The summed E-state index contributed by atoms with van der Waals surface area (Å²) in [5.41, 5.74) is 0.465. The van der Waals surface area contributed by atoms with Gasteiger partial charge in [0.1, 0.15) is 0 Å². The van der Waals surface area contributed by atoms with Gasteiger partial charge in [-0.2, -0.15) is 0 Å². The number of nitrogens with one attached hydrogen (secondary N) is 2. The Bertz CT molecular complexity index is 945. The van der Waals surface area contributed by atoms with Crippen LogP contribution in [-0.2, 0) is 16.9 Å². The van der Waals surface area contributed by atoms with Gasteiger partial charge in [-0.25, -0.2) is 4.79 Å². The second-order valence-corrected chi connectivity index (χ2v) is 7.58. The molecule has 3 amide bonds. The van der Waals surface area contributed by atoms with Crippen LogP contribution in [0.3, 0.4) is 0 Å². The van der Waals surface area contributed by atoms with Crippen LogP contribution in [0.2, 0.25) is 0 Å². The third-order valence-corrected chi connectivity index (χ3v) is 5.98. The molecule has 4 heterocycles. The van der Waals surface area contributed by atoms with E-state index in [1.54, 1.807) is 24.5 Å². The highest BCUT2D eigenvalue weighted by atomic mass is 16.7. The van der Waals surface area contributed by atoms with Crippen molar-refractivity contribution in [1.82, 2.24) is 20.5 Å². The van der Waals surface area contributed by atoms with Crippen molar-refractivity contribution in [3.63, 3.8) is 0 Å². The molecule has 0 spiro atoms. The molecule has 29 heavy (non-hydrogen) atoms. The Labute approximate surface area is 168 Å². The average Bonchev–Trinajstić information content (AvgIpc) is 3.33. The molecular formula is C21H22N4O4. The number of urea groups is 1. The third-order valence-electron chi connectivity index (χ3n) is 5.98. The molecule has 1 aromatic carbocycles. The number of pyridine rings is 1. The molecule has 3 aliphatic rings. The normalized spacial score (nSPS) is 24.1. The lowest BCUT2D eigenvalue weighted by atomic mass is 9.74. The zero-order valence-corrected chi connectivity index (χ0v) is 15.9. The molecule has 0 aliphatic carbocycles. The van der Waals surface area contributed by atoms with Crippen LogP contribution in [-0.4, -0.2) is 41.7 Å². The van der Waals surface area contributed by atoms with Crippen LogP contribution in [0.25, 0.3) is 0 Å². The lowest BCUT2D eigenvalue weighted by Gasteiger charge is -2.37. The Morgan fingerprint density at radius 3 is 2.76 bits per heavy atom. The first kappa shape index (κ1) is 17.9. The summed E-state index contributed by atoms with van der Waals surface area (Å²) >= 11 is 0. The van der Waals surface area contributed by atoms with E-state index in [1.807, 2.05) is 18.2 Å². The molecular weight excluding hydrogens is 372 g/mol. The minimum Gasteiger partial charge on any atom is -0.454 e. The predicted octanol–water partition coefficient (Wildman–Crippen LogP) is 1.76. The lowest BCUT2D eigenvalue weighted by molar-refractivity contribution is -0.134. The molecule has 2 fully saturated rings. The first-order valence-electron chi connectivity index (χ1n) is 9.82. The first-order chi connectivity index (χ1) is 14.2. The van der Waals surface area contributed by atoms with Crippen molar-refractivity contribution in [3.05, 3.63) is 53.9 Å². The van der Waals surface area contributed by atoms with Gasteiger partial charge < -0.3 is 20.1 Å². The van der Waals surface area contributed by atoms with Gasteiger partial charge in [-0.05, 0) is 55.6 Å². The molecule has 1 aromatic heterocycles. The number of imide groups is 1. The summed E-state index contributed by atoms with van der Waals surface area (Å²) in [6, 6.07) is 8.77. The van der Waals surface area contributed by atoms with Crippen molar-refractivity contribution >= 4 is 11.9 Å². The predicted molar refractivity (Wildman–Crippen MR) is 103 cm³/mol. The largest absolute Gasteiger partial charge is 0.454 e. The van der Waals surface area contributed by atoms with Crippen molar-refractivity contribution in [2.24, 2.45) is 5.92 Å².